The van der Waals surface area contributed by atoms with E-state index < -0.39 is 43.5 Å². The summed E-state index contributed by atoms with van der Waals surface area (Å²) in [4.78, 5) is 47.4. The number of esters is 2. The zero-order chi connectivity index (χ0) is 22.4. The molecule has 0 spiro atoms. The van der Waals surface area contributed by atoms with Crippen LogP contribution in [0.1, 0.15) is 52.4 Å². The number of carbonyl (C=O) groups is 3. The van der Waals surface area contributed by atoms with Crippen LogP contribution >= 0.6 is 8.09 Å². The second kappa shape index (κ2) is 10.8. The summed E-state index contributed by atoms with van der Waals surface area (Å²) < 4.78 is 20.9. The van der Waals surface area contributed by atoms with Crippen molar-refractivity contribution in [1.82, 2.24) is 10.4 Å². The van der Waals surface area contributed by atoms with E-state index in [1.165, 1.54) is 14.2 Å². The Morgan fingerprint density at radius 1 is 1.17 bits per heavy atom. The third kappa shape index (κ3) is 6.59. The molecule has 1 saturated carbocycles. The number of carbonyl (C=O) groups excluding carboxylic acids is 3. The number of rotatable bonds is 8. The summed E-state index contributed by atoms with van der Waals surface area (Å²) in [5, 5.41) is 5.51. The van der Waals surface area contributed by atoms with Gasteiger partial charge in [0.1, 0.15) is 0 Å². The van der Waals surface area contributed by atoms with Gasteiger partial charge in [0.25, 0.3) is 0 Å². The Morgan fingerprint density at radius 3 is 2.43 bits per heavy atom. The molecule has 2 rings (SSSR count). The average Bonchev–Trinajstić information content (AvgIpc) is 2.74. The molecule has 0 aromatic heterocycles. The van der Waals surface area contributed by atoms with Gasteiger partial charge >= 0.3 is 177 Å². The van der Waals surface area contributed by atoms with Crippen LogP contribution in [0, 0.1) is 11.3 Å². The molecule has 0 aromatic carbocycles. The molecule has 1 amide bonds. The number of nitrogens with one attached hydrogen (secondary N) is 2. The van der Waals surface area contributed by atoms with Gasteiger partial charge in [-0.2, -0.15) is 0 Å². The first-order chi connectivity index (χ1) is 14.1. The number of methoxy groups -OCH3 is 2. The molecular formula is C19H35N2O8P. The van der Waals surface area contributed by atoms with Crippen LogP contribution in [0.2, 0.25) is 0 Å². The average molecular weight is 450 g/mol. The first kappa shape index (κ1) is 24.9. The van der Waals surface area contributed by atoms with E-state index in [1.807, 2.05) is 0 Å². The van der Waals surface area contributed by atoms with Crippen molar-refractivity contribution in [2.24, 2.45) is 11.3 Å². The standard InChI is InChI=1S/C19H35N2O8P/c1-19(2)12-28-30(25,29-16(19)17(23)20-11-10-14(22)26-3)21-15(18(24)27-4)13-8-6-5-7-9-13/h13,15-16,21,25,30H,5-12H2,1-4H3,(H,20,23)/t15-,16-/m0/s1. The molecule has 0 bridgehead atoms. The summed E-state index contributed by atoms with van der Waals surface area (Å²) in [5.41, 5.74) is -0.720. The molecule has 11 heteroatoms. The van der Waals surface area contributed by atoms with E-state index in [0.29, 0.717) is 0 Å². The van der Waals surface area contributed by atoms with Crippen LogP contribution in [0.25, 0.3) is 0 Å². The zero-order valence-corrected chi connectivity index (χ0v) is 19.2. The van der Waals surface area contributed by atoms with Crippen molar-refractivity contribution in [2.45, 2.75) is 64.5 Å². The van der Waals surface area contributed by atoms with E-state index >= 15 is 0 Å². The maximum absolute atomic E-state index is 12.7. The van der Waals surface area contributed by atoms with Crippen molar-refractivity contribution in [3.8, 4) is 0 Å². The Labute approximate surface area is 178 Å². The first-order valence-corrected chi connectivity index (χ1v) is 12.1. The molecule has 10 nitrogen and oxygen atoms in total. The minimum atomic E-state index is -4.05. The summed E-state index contributed by atoms with van der Waals surface area (Å²) in [7, 11) is -1.47. The fraction of sp³-hybridized carbons (Fsp3) is 0.842. The normalized spacial score (nSPS) is 25.6. The van der Waals surface area contributed by atoms with Crippen molar-refractivity contribution >= 4 is 25.9 Å². The number of amides is 1. The Bertz CT molecular complexity index is 626. The molecule has 1 saturated heterocycles. The van der Waals surface area contributed by atoms with Crippen LogP contribution < -0.4 is 10.4 Å². The van der Waals surface area contributed by atoms with Crippen molar-refractivity contribution in [2.75, 3.05) is 27.4 Å². The van der Waals surface area contributed by atoms with Gasteiger partial charge in [-0.25, -0.2) is 0 Å². The van der Waals surface area contributed by atoms with E-state index in [-0.39, 0.29) is 25.5 Å². The molecule has 2 atom stereocenters. The van der Waals surface area contributed by atoms with Gasteiger partial charge in [-0.1, -0.05) is 0 Å². The van der Waals surface area contributed by atoms with Crippen LogP contribution in [0.15, 0.2) is 0 Å². The zero-order valence-electron chi connectivity index (χ0n) is 18.2. The van der Waals surface area contributed by atoms with Crippen LogP contribution in [0.4, 0.5) is 0 Å². The molecule has 174 valence electrons. The fourth-order valence-corrected chi connectivity index (χ4v) is 6.12. The summed E-state index contributed by atoms with van der Waals surface area (Å²) in [5.74, 6) is -1.40. The van der Waals surface area contributed by atoms with Gasteiger partial charge in [-0.15, -0.1) is 0 Å². The molecule has 2 aliphatic rings. The van der Waals surface area contributed by atoms with Gasteiger partial charge < -0.3 is 0 Å². The van der Waals surface area contributed by atoms with E-state index in [2.05, 4.69) is 15.1 Å². The van der Waals surface area contributed by atoms with Gasteiger partial charge in [-0.05, 0) is 0 Å². The Morgan fingerprint density at radius 2 is 1.83 bits per heavy atom. The van der Waals surface area contributed by atoms with Gasteiger partial charge in [0, 0.05) is 0 Å². The second-order valence-electron chi connectivity index (χ2n) is 8.52. The summed E-state index contributed by atoms with van der Waals surface area (Å²) in [6.45, 7) is 3.72. The van der Waals surface area contributed by atoms with E-state index in [0.717, 1.165) is 32.1 Å². The molecule has 0 aromatic rings. The predicted octanol–water partition coefficient (Wildman–Crippen LogP) is 1.22. The van der Waals surface area contributed by atoms with E-state index in [9.17, 15) is 19.3 Å². The minimum absolute atomic E-state index is 0.00260. The van der Waals surface area contributed by atoms with Crippen LogP contribution in [-0.4, -0.2) is 62.3 Å². The quantitative estimate of drug-likeness (QED) is 0.369. The third-order valence-corrected chi connectivity index (χ3v) is 7.40. The first-order valence-electron chi connectivity index (χ1n) is 10.4. The molecule has 1 heterocycles. The number of hydrogen-bond donors (Lipinski definition) is 3. The Balaban J connectivity index is 2.08. The summed E-state index contributed by atoms with van der Waals surface area (Å²) in [6.07, 6.45) is 3.79. The number of ether oxygens (including phenoxy) is 2. The van der Waals surface area contributed by atoms with Crippen molar-refractivity contribution < 1.29 is 37.8 Å². The van der Waals surface area contributed by atoms with E-state index in [1.54, 1.807) is 13.8 Å². The Hall–Kier alpha value is -1.32. The molecule has 30 heavy (non-hydrogen) atoms. The Kier molecular flexibility index (Phi) is 8.99. The molecule has 1 aliphatic heterocycles. The molecule has 0 unspecified atom stereocenters. The number of hydrogen-bond acceptors (Lipinski definition) is 9. The van der Waals surface area contributed by atoms with Gasteiger partial charge in [0.15, 0.2) is 0 Å². The summed E-state index contributed by atoms with van der Waals surface area (Å²) >= 11 is 0. The molecular weight excluding hydrogens is 415 g/mol. The topological polar surface area (TPSA) is 132 Å². The van der Waals surface area contributed by atoms with Gasteiger partial charge in [0.05, 0.1) is 0 Å². The molecule has 0 radical (unpaired) electrons. The van der Waals surface area contributed by atoms with Crippen LogP contribution in [-0.2, 0) is 32.9 Å². The molecule has 1 aliphatic carbocycles. The van der Waals surface area contributed by atoms with Crippen molar-refractivity contribution in [1.29, 1.82) is 0 Å². The fourth-order valence-electron chi connectivity index (χ4n) is 3.84. The second-order valence-corrected chi connectivity index (χ2v) is 10.5. The van der Waals surface area contributed by atoms with Crippen molar-refractivity contribution in [3.05, 3.63) is 0 Å². The molecule has 3 N–H and O–H groups in total. The van der Waals surface area contributed by atoms with Gasteiger partial charge in [0.2, 0.25) is 0 Å². The maximum atomic E-state index is 12.7. The SMILES string of the molecule is COC(=O)CCNC(=O)[C@@H]1O[PH](O)(N[C@H](C(=O)OC)C2CCCCC2)OCC1(C)C. The predicted molar refractivity (Wildman–Crippen MR) is 110 cm³/mol. The van der Waals surface area contributed by atoms with Gasteiger partial charge in [-0.3, -0.25) is 0 Å². The third-order valence-electron chi connectivity index (χ3n) is 5.64. The van der Waals surface area contributed by atoms with Crippen LogP contribution in [0.5, 0.6) is 0 Å². The van der Waals surface area contributed by atoms with E-state index in [4.69, 9.17) is 13.8 Å². The molecule has 2 fully saturated rings. The van der Waals surface area contributed by atoms with Crippen molar-refractivity contribution in [3.63, 3.8) is 0 Å². The monoisotopic (exact) mass is 450 g/mol. The summed E-state index contributed by atoms with van der Waals surface area (Å²) in [6, 6.07) is -0.767. The van der Waals surface area contributed by atoms with Crippen LogP contribution in [0.3, 0.4) is 0 Å².